The molecule has 0 unspecified atom stereocenters. The van der Waals surface area contributed by atoms with E-state index in [1.165, 1.54) is 0 Å². The minimum atomic E-state index is -0.977. The summed E-state index contributed by atoms with van der Waals surface area (Å²) < 4.78 is 47.5. The molecule has 0 spiro atoms. The smallest absolute Gasteiger partial charge is 0.226 e. The molecule has 0 aliphatic heterocycles. The molecule has 39 heavy (non-hydrogen) atoms. The summed E-state index contributed by atoms with van der Waals surface area (Å²) in [5.41, 5.74) is 1.22. The monoisotopic (exact) mass is 516 g/mol. The Bertz CT molecular complexity index is 1770. The molecule has 0 N–H and O–H groups in total. The molecule has 3 heterocycles. The highest BCUT2D eigenvalue weighted by atomic mass is 19.1. The summed E-state index contributed by atoms with van der Waals surface area (Å²) >= 11 is 0. The van der Waals surface area contributed by atoms with Gasteiger partial charge in [0.2, 0.25) is 17.8 Å². The van der Waals surface area contributed by atoms with Crippen molar-refractivity contribution in [3.63, 3.8) is 0 Å². The molecule has 0 atom stereocenters. The Balaban J connectivity index is 1.67. The van der Waals surface area contributed by atoms with Gasteiger partial charge < -0.3 is 0 Å². The lowest BCUT2D eigenvalue weighted by molar-refractivity contribution is 0.590. The summed E-state index contributed by atoms with van der Waals surface area (Å²) in [7, 11) is 0. The van der Waals surface area contributed by atoms with E-state index in [0.717, 1.165) is 0 Å². The average Bonchev–Trinajstić information content (AvgIpc) is 2.97. The van der Waals surface area contributed by atoms with Crippen LogP contribution in [0.3, 0.4) is 0 Å². The summed E-state index contributed by atoms with van der Waals surface area (Å²) in [5.74, 6) is -2.83. The Morgan fingerprint density at radius 3 is 0.846 bits per heavy atom. The number of hydrogen-bond donors (Lipinski definition) is 0. The molecular formula is C30H15F3N6. The van der Waals surface area contributed by atoms with E-state index < -0.39 is 17.8 Å². The van der Waals surface area contributed by atoms with E-state index in [1.54, 1.807) is 91.0 Å². The van der Waals surface area contributed by atoms with Crippen LogP contribution < -0.4 is 0 Å². The van der Waals surface area contributed by atoms with Crippen molar-refractivity contribution >= 4 is 32.7 Å². The largest absolute Gasteiger partial charge is 0.227 e. The summed E-state index contributed by atoms with van der Waals surface area (Å²) in [4.78, 5) is 25.7. The van der Waals surface area contributed by atoms with Crippen LogP contribution in [0.1, 0.15) is 0 Å². The lowest BCUT2D eigenvalue weighted by atomic mass is 10.0. The van der Waals surface area contributed by atoms with Crippen molar-refractivity contribution in [3.8, 4) is 34.2 Å². The average molecular weight is 516 g/mol. The van der Waals surface area contributed by atoms with Crippen LogP contribution in [0.2, 0.25) is 0 Å². The number of fused-ring (bicyclic) bond motifs is 6. The Morgan fingerprint density at radius 2 is 0.590 bits per heavy atom. The van der Waals surface area contributed by atoms with Gasteiger partial charge in [-0.3, -0.25) is 0 Å². The maximum atomic E-state index is 15.8. The van der Waals surface area contributed by atoms with Crippen molar-refractivity contribution in [3.05, 3.63) is 109 Å². The van der Waals surface area contributed by atoms with Gasteiger partial charge in [-0.05, 0) is 0 Å². The molecule has 4 aromatic carbocycles. The molecule has 0 radical (unpaired) electrons. The van der Waals surface area contributed by atoms with Crippen LogP contribution in [-0.4, -0.2) is 29.9 Å². The van der Waals surface area contributed by atoms with Crippen LogP contribution in [0.15, 0.2) is 91.0 Å². The second kappa shape index (κ2) is 8.91. The first-order valence-electron chi connectivity index (χ1n) is 12.0. The molecule has 9 heteroatoms. The van der Waals surface area contributed by atoms with Crippen molar-refractivity contribution in [2.24, 2.45) is 0 Å². The van der Waals surface area contributed by atoms with E-state index >= 15 is 13.2 Å². The fourth-order valence-corrected chi connectivity index (χ4v) is 4.62. The van der Waals surface area contributed by atoms with E-state index in [0.29, 0.717) is 16.7 Å². The van der Waals surface area contributed by atoms with Gasteiger partial charge >= 0.3 is 0 Å². The first-order valence-corrected chi connectivity index (χ1v) is 12.0. The molecule has 0 aliphatic rings. The van der Waals surface area contributed by atoms with Gasteiger partial charge in [0.25, 0.3) is 0 Å². The molecule has 0 amide bonds. The SMILES string of the molecule is Fc1nc(-c2ccccc2)nc2c1c1nc(-c3ccccc3)nc(F)c1c1nc(-c3ccccc3)nc(F)c21. The Kier molecular flexibility index (Phi) is 5.22. The number of aromatic nitrogens is 6. The number of halogens is 3. The number of hydrogen-bond acceptors (Lipinski definition) is 6. The van der Waals surface area contributed by atoms with Gasteiger partial charge in [0.15, 0.2) is 17.5 Å². The summed E-state index contributed by atoms with van der Waals surface area (Å²) in [6.07, 6.45) is 0. The van der Waals surface area contributed by atoms with Gasteiger partial charge in [0, 0.05) is 16.7 Å². The number of benzene rings is 4. The van der Waals surface area contributed by atoms with Gasteiger partial charge in [-0.1, -0.05) is 91.0 Å². The zero-order chi connectivity index (χ0) is 26.5. The van der Waals surface area contributed by atoms with Crippen molar-refractivity contribution < 1.29 is 13.2 Å². The highest BCUT2D eigenvalue weighted by molar-refractivity contribution is 6.22. The van der Waals surface area contributed by atoms with Gasteiger partial charge in [0.05, 0.1) is 32.7 Å². The maximum Gasteiger partial charge on any atom is 0.226 e. The second-order valence-corrected chi connectivity index (χ2v) is 8.78. The van der Waals surface area contributed by atoms with Gasteiger partial charge in [0.1, 0.15) is 0 Å². The van der Waals surface area contributed by atoms with Gasteiger partial charge in [-0.25, -0.2) is 15.0 Å². The molecule has 186 valence electrons. The summed E-state index contributed by atoms with van der Waals surface area (Å²) in [6.45, 7) is 0. The highest BCUT2D eigenvalue weighted by Gasteiger charge is 2.25. The van der Waals surface area contributed by atoms with Crippen molar-refractivity contribution in [2.75, 3.05) is 0 Å². The topological polar surface area (TPSA) is 77.3 Å². The zero-order valence-corrected chi connectivity index (χ0v) is 20.0. The molecule has 6 nitrogen and oxygen atoms in total. The van der Waals surface area contributed by atoms with Gasteiger partial charge in [-0.2, -0.15) is 28.1 Å². The standard InChI is InChI=1S/C30H15F3N6/c31-25-19-22(34-28(37-25)16-10-4-1-5-11-16)20-24(36-30(38-26(20)32)18-14-8-3-9-15-18)21-23(19)35-29(39-27(21)33)17-12-6-2-7-13-17/h1-15H. The lowest BCUT2D eigenvalue weighted by Gasteiger charge is -2.13. The predicted molar refractivity (Wildman–Crippen MR) is 142 cm³/mol. The van der Waals surface area contributed by atoms with Crippen LogP contribution in [0, 0.1) is 17.8 Å². The molecule has 0 fully saturated rings. The summed E-state index contributed by atoms with van der Waals surface area (Å²) in [5, 5.41) is -0.734. The van der Waals surface area contributed by atoms with E-state index in [-0.39, 0.29) is 50.2 Å². The molecule has 0 saturated carbocycles. The number of rotatable bonds is 3. The third kappa shape index (κ3) is 3.74. The van der Waals surface area contributed by atoms with Crippen LogP contribution in [0.5, 0.6) is 0 Å². The van der Waals surface area contributed by atoms with Crippen LogP contribution in [0.25, 0.3) is 66.9 Å². The third-order valence-corrected chi connectivity index (χ3v) is 6.40. The predicted octanol–water partition coefficient (Wildman–Crippen LogP) is 6.93. The minimum Gasteiger partial charge on any atom is -0.227 e. The van der Waals surface area contributed by atoms with Crippen molar-refractivity contribution in [1.82, 2.24) is 29.9 Å². The molecule has 7 rings (SSSR count). The van der Waals surface area contributed by atoms with Crippen LogP contribution in [0.4, 0.5) is 13.2 Å². The highest BCUT2D eigenvalue weighted by Crippen LogP contribution is 2.37. The molecule has 0 aliphatic carbocycles. The van der Waals surface area contributed by atoms with Crippen molar-refractivity contribution in [1.29, 1.82) is 0 Å². The normalized spacial score (nSPS) is 11.5. The van der Waals surface area contributed by atoms with Gasteiger partial charge in [-0.15, -0.1) is 0 Å². The fraction of sp³-hybridized carbons (Fsp3) is 0. The molecule has 3 aromatic heterocycles. The number of nitrogens with zero attached hydrogens (tertiary/aromatic N) is 6. The third-order valence-electron chi connectivity index (χ3n) is 6.40. The first-order chi connectivity index (χ1) is 19.1. The lowest BCUT2D eigenvalue weighted by Crippen LogP contribution is -2.05. The maximum absolute atomic E-state index is 15.8. The molecule has 0 bridgehead atoms. The van der Waals surface area contributed by atoms with E-state index in [1.807, 2.05) is 0 Å². The molecule has 0 saturated heterocycles. The Hall–Kier alpha value is -5.31. The summed E-state index contributed by atoms with van der Waals surface area (Å²) in [6, 6.07) is 26.2. The first kappa shape index (κ1) is 22.9. The molecular weight excluding hydrogens is 501 g/mol. The van der Waals surface area contributed by atoms with Crippen molar-refractivity contribution in [2.45, 2.75) is 0 Å². The Morgan fingerprint density at radius 1 is 0.333 bits per heavy atom. The van der Waals surface area contributed by atoms with Crippen LogP contribution >= 0.6 is 0 Å². The van der Waals surface area contributed by atoms with Crippen LogP contribution in [-0.2, 0) is 0 Å². The quantitative estimate of drug-likeness (QED) is 0.187. The van der Waals surface area contributed by atoms with E-state index in [9.17, 15) is 0 Å². The minimum absolute atomic E-state index is 0.0330. The van der Waals surface area contributed by atoms with E-state index in [2.05, 4.69) is 29.9 Å². The zero-order valence-electron chi connectivity index (χ0n) is 20.0. The Labute approximate surface area is 218 Å². The fourth-order valence-electron chi connectivity index (χ4n) is 4.62. The molecule has 7 aromatic rings. The van der Waals surface area contributed by atoms with E-state index in [4.69, 9.17) is 0 Å². The second-order valence-electron chi connectivity index (χ2n) is 8.78.